The summed E-state index contributed by atoms with van der Waals surface area (Å²) in [6, 6.07) is 11.3. The summed E-state index contributed by atoms with van der Waals surface area (Å²) in [6.07, 6.45) is 1.12. The van der Waals surface area contributed by atoms with E-state index in [0.29, 0.717) is 19.1 Å². The van der Waals surface area contributed by atoms with E-state index in [4.69, 9.17) is 0 Å². The first-order valence-electron chi connectivity index (χ1n) is 10.4. The Morgan fingerprint density at radius 1 is 1.07 bits per heavy atom. The first-order chi connectivity index (χ1) is 13.4. The minimum absolute atomic E-state index is 0. The molecule has 1 atom stereocenters. The fourth-order valence-corrected chi connectivity index (χ4v) is 3.57. The van der Waals surface area contributed by atoms with Gasteiger partial charge in [0.1, 0.15) is 0 Å². The molecule has 1 aromatic rings. The topological polar surface area (TPSA) is 60.0 Å². The minimum Gasteiger partial charge on any atom is -0.354 e. The van der Waals surface area contributed by atoms with Crippen LogP contribution in [0.15, 0.2) is 35.3 Å². The van der Waals surface area contributed by atoms with Crippen LogP contribution in [0.4, 0.5) is 0 Å². The predicted octanol–water partition coefficient (Wildman–Crippen LogP) is 3.11. The van der Waals surface area contributed by atoms with E-state index in [1.54, 1.807) is 0 Å². The quantitative estimate of drug-likeness (QED) is 0.265. The lowest BCUT2D eigenvalue weighted by atomic mass is 9.96. The van der Waals surface area contributed by atoms with Crippen molar-refractivity contribution in [1.82, 2.24) is 20.4 Å². The smallest absolute Gasteiger partial charge is 0.225 e. The zero-order chi connectivity index (χ0) is 20.6. The lowest BCUT2D eigenvalue weighted by Gasteiger charge is -2.40. The molecule has 1 aromatic carbocycles. The van der Waals surface area contributed by atoms with Crippen LogP contribution in [-0.2, 0) is 4.79 Å². The molecule has 6 nitrogen and oxygen atoms in total. The number of hydrogen-bond donors (Lipinski definition) is 2. The highest BCUT2D eigenvalue weighted by molar-refractivity contribution is 14.0. The third-order valence-electron chi connectivity index (χ3n) is 5.21. The van der Waals surface area contributed by atoms with Crippen LogP contribution in [0.1, 0.15) is 45.7 Å². The van der Waals surface area contributed by atoms with E-state index in [1.807, 2.05) is 27.8 Å². The number of benzene rings is 1. The highest BCUT2D eigenvalue weighted by Gasteiger charge is 2.25. The molecule has 0 saturated carbocycles. The zero-order valence-corrected chi connectivity index (χ0v) is 20.9. The number of guanidine groups is 1. The molecule has 2 rings (SSSR count). The van der Waals surface area contributed by atoms with Gasteiger partial charge in [-0.05, 0) is 12.0 Å². The Morgan fingerprint density at radius 3 is 2.17 bits per heavy atom. The molecule has 1 unspecified atom stereocenters. The molecule has 1 fully saturated rings. The van der Waals surface area contributed by atoms with E-state index in [0.717, 1.165) is 38.6 Å². The van der Waals surface area contributed by atoms with Gasteiger partial charge in [-0.3, -0.25) is 14.7 Å². The molecule has 164 valence electrons. The highest BCUT2D eigenvalue weighted by Crippen LogP contribution is 2.25. The number of carbonyl (C=O) groups is 1. The van der Waals surface area contributed by atoms with Crippen molar-refractivity contribution in [2.75, 3.05) is 46.3 Å². The van der Waals surface area contributed by atoms with E-state index in [-0.39, 0.29) is 35.3 Å². The van der Waals surface area contributed by atoms with E-state index >= 15 is 0 Å². The maximum Gasteiger partial charge on any atom is 0.225 e. The van der Waals surface area contributed by atoms with Gasteiger partial charge in [-0.1, -0.05) is 58.0 Å². The maximum absolute atomic E-state index is 11.9. The summed E-state index contributed by atoms with van der Waals surface area (Å²) in [7, 11) is 1.82. The average molecular weight is 515 g/mol. The van der Waals surface area contributed by atoms with Crippen LogP contribution < -0.4 is 10.6 Å². The number of nitrogens with zero attached hydrogens (tertiary/aromatic N) is 3. The van der Waals surface area contributed by atoms with Crippen LogP contribution in [0.3, 0.4) is 0 Å². The number of halogens is 1. The fourth-order valence-electron chi connectivity index (χ4n) is 3.57. The Morgan fingerprint density at radius 2 is 1.66 bits per heavy atom. The number of aliphatic imine (C=N–C) groups is 1. The molecule has 0 spiro atoms. The first-order valence-corrected chi connectivity index (χ1v) is 10.4. The predicted molar refractivity (Wildman–Crippen MR) is 132 cm³/mol. The molecular formula is C22H38IN5O. The number of amides is 1. The summed E-state index contributed by atoms with van der Waals surface area (Å²) in [6.45, 7) is 13.3. The van der Waals surface area contributed by atoms with Crippen molar-refractivity contribution >= 4 is 35.8 Å². The van der Waals surface area contributed by atoms with Gasteiger partial charge < -0.3 is 15.5 Å². The van der Waals surface area contributed by atoms with Gasteiger partial charge in [-0.25, -0.2) is 0 Å². The van der Waals surface area contributed by atoms with E-state index < -0.39 is 0 Å². The van der Waals surface area contributed by atoms with Gasteiger partial charge in [0.25, 0.3) is 0 Å². The highest BCUT2D eigenvalue weighted by atomic mass is 127. The molecule has 1 aliphatic rings. The summed E-state index contributed by atoms with van der Waals surface area (Å²) < 4.78 is 0. The maximum atomic E-state index is 11.9. The van der Waals surface area contributed by atoms with Gasteiger partial charge in [0, 0.05) is 57.8 Å². The van der Waals surface area contributed by atoms with Crippen LogP contribution in [0.25, 0.3) is 0 Å². The number of hydrogen-bond acceptors (Lipinski definition) is 3. The Kier molecular flexibility index (Phi) is 11.0. The molecule has 0 aromatic heterocycles. The van der Waals surface area contributed by atoms with Crippen LogP contribution in [0, 0.1) is 5.41 Å². The second-order valence-electron chi connectivity index (χ2n) is 8.34. The summed E-state index contributed by atoms with van der Waals surface area (Å²) in [4.78, 5) is 21.2. The summed E-state index contributed by atoms with van der Waals surface area (Å²) in [5.41, 5.74) is 1.04. The standard InChI is InChI=1S/C22H37N5O.HI/c1-6-19(18-10-8-7-9-11-18)26-14-16-27(17-15-26)21(23-5)25-13-12-24-20(28)22(2,3)4;/h7-11,19H,6,12-17H2,1-5H3,(H,23,25)(H,24,28);1H. The third-order valence-corrected chi connectivity index (χ3v) is 5.21. The molecule has 1 heterocycles. The molecule has 1 aliphatic heterocycles. The van der Waals surface area contributed by atoms with Crippen LogP contribution in [-0.4, -0.2) is 68.0 Å². The van der Waals surface area contributed by atoms with Crippen molar-refractivity contribution in [1.29, 1.82) is 0 Å². The molecule has 0 aliphatic carbocycles. The molecule has 1 saturated heterocycles. The van der Waals surface area contributed by atoms with Crippen molar-refractivity contribution < 1.29 is 4.79 Å². The largest absolute Gasteiger partial charge is 0.354 e. The van der Waals surface area contributed by atoms with Gasteiger partial charge in [-0.15, -0.1) is 24.0 Å². The van der Waals surface area contributed by atoms with Crippen LogP contribution >= 0.6 is 24.0 Å². The Balaban J connectivity index is 0.00000420. The van der Waals surface area contributed by atoms with Crippen LogP contribution in [0.2, 0.25) is 0 Å². The van der Waals surface area contributed by atoms with E-state index in [1.165, 1.54) is 5.56 Å². The summed E-state index contributed by atoms with van der Waals surface area (Å²) in [5.74, 6) is 0.988. The van der Waals surface area contributed by atoms with Crippen molar-refractivity contribution in [3.8, 4) is 0 Å². The van der Waals surface area contributed by atoms with Crippen molar-refractivity contribution in [3.63, 3.8) is 0 Å². The van der Waals surface area contributed by atoms with Gasteiger partial charge >= 0.3 is 0 Å². The van der Waals surface area contributed by atoms with Gasteiger partial charge in [0.15, 0.2) is 5.96 Å². The fraction of sp³-hybridized carbons (Fsp3) is 0.636. The van der Waals surface area contributed by atoms with Gasteiger partial charge in [0.2, 0.25) is 5.91 Å². The molecule has 29 heavy (non-hydrogen) atoms. The lowest BCUT2D eigenvalue weighted by molar-refractivity contribution is -0.128. The lowest BCUT2D eigenvalue weighted by Crippen LogP contribution is -2.53. The SMILES string of the molecule is CCC(c1ccccc1)N1CCN(C(=NC)NCCNC(=O)C(C)(C)C)CC1.I. The Hall–Kier alpha value is -1.35. The molecule has 0 radical (unpaired) electrons. The van der Waals surface area contributed by atoms with Gasteiger partial charge in [-0.2, -0.15) is 0 Å². The van der Waals surface area contributed by atoms with Crippen molar-refractivity contribution in [2.24, 2.45) is 10.4 Å². The summed E-state index contributed by atoms with van der Waals surface area (Å²) in [5, 5.41) is 6.35. The monoisotopic (exact) mass is 515 g/mol. The van der Waals surface area contributed by atoms with Crippen molar-refractivity contribution in [2.45, 2.75) is 40.2 Å². The second-order valence-corrected chi connectivity index (χ2v) is 8.34. The third kappa shape index (κ3) is 7.77. The molecule has 2 N–H and O–H groups in total. The van der Waals surface area contributed by atoms with Crippen LogP contribution in [0.5, 0.6) is 0 Å². The minimum atomic E-state index is -0.355. The van der Waals surface area contributed by atoms with E-state index in [2.05, 4.69) is 62.7 Å². The molecule has 0 bridgehead atoms. The average Bonchev–Trinajstić information content (AvgIpc) is 2.69. The first kappa shape index (κ1) is 25.7. The zero-order valence-electron chi connectivity index (χ0n) is 18.6. The number of carbonyl (C=O) groups excluding carboxylic acids is 1. The van der Waals surface area contributed by atoms with Gasteiger partial charge in [0.05, 0.1) is 0 Å². The second kappa shape index (κ2) is 12.4. The van der Waals surface area contributed by atoms with Crippen molar-refractivity contribution in [3.05, 3.63) is 35.9 Å². The molecule has 7 heteroatoms. The number of nitrogens with one attached hydrogen (secondary N) is 2. The Labute approximate surface area is 193 Å². The summed E-state index contributed by atoms with van der Waals surface area (Å²) >= 11 is 0. The molecular weight excluding hydrogens is 477 g/mol. The Bertz CT molecular complexity index is 636. The number of rotatable bonds is 6. The van der Waals surface area contributed by atoms with E-state index in [9.17, 15) is 4.79 Å². The number of piperazine rings is 1. The molecule has 1 amide bonds. The normalized spacial score (nSPS) is 16.7.